The SMILES string of the molecule is CN=c1c(N(C)C)c1N(C)C. The first-order valence-corrected chi connectivity index (χ1v) is 3.66. The van der Waals surface area contributed by atoms with E-state index in [4.69, 9.17) is 0 Å². The maximum atomic E-state index is 4.16. The third kappa shape index (κ3) is 1.23. The molecule has 3 nitrogen and oxygen atoms in total. The lowest BCUT2D eigenvalue weighted by atomic mass is 10.7. The Morgan fingerprint density at radius 1 is 0.909 bits per heavy atom. The Kier molecular flexibility index (Phi) is 1.89. The number of anilines is 2. The van der Waals surface area contributed by atoms with Crippen LogP contribution in [0.5, 0.6) is 0 Å². The fraction of sp³-hybridized carbons (Fsp3) is 0.625. The molecule has 3 heteroatoms. The number of hydrogen-bond acceptors (Lipinski definition) is 3. The first-order chi connectivity index (χ1) is 5.09. The van der Waals surface area contributed by atoms with Crippen LogP contribution in [-0.2, 0) is 0 Å². The Hall–Kier alpha value is -0.990. The molecule has 0 fully saturated rings. The van der Waals surface area contributed by atoms with Crippen LogP contribution in [0.15, 0.2) is 4.99 Å². The molecule has 0 aliphatic heterocycles. The summed E-state index contributed by atoms with van der Waals surface area (Å²) in [7, 11) is 9.98. The van der Waals surface area contributed by atoms with Crippen molar-refractivity contribution >= 4 is 11.4 Å². The van der Waals surface area contributed by atoms with Crippen molar-refractivity contribution in [3.63, 3.8) is 0 Å². The highest BCUT2D eigenvalue weighted by molar-refractivity contribution is 5.84. The number of rotatable bonds is 2. The van der Waals surface area contributed by atoms with Gasteiger partial charge in [-0.05, 0) is 0 Å². The molecule has 0 unspecified atom stereocenters. The third-order valence-electron chi connectivity index (χ3n) is 1.73. The molecule has 62 valence electrons. The van der Waals surface area contributed by atoms with Crippen molar-refractivity contribution in [1.29, 1.82) is 0 Å². The summed E-state index contributed by atoms with van der Waals surface area (Å²) in [5.41, 5.74) is 2.52. The van der Waals surface area contributed by atoms with Crippen molar-refractivity contribution < 1.29 is 0 Å². The molecule has 0 radical (unpaired) electrons. The molecule has 1 rings (SSSR count). The largest absolute Gasteiger partial charge is 0.374 e. The van der Waals surface area contributed by atoms with Crippen molar-refractivity contribution in [3.8, 4) is 0 Å². The minimum Gasteiger partial charge on any atom is -0.374 e. The van der Waals surface area contributed by atoms with E-state index in [-0.39, 0.29) is 0 Å². The lowest BCUT2D eigenvalue weighted by molar-refractivity contribution is 1.12. The first kappa shape index (κ1) is 8.11. The fourth-order valence-electron chi connectivity index (χ4n) is 1.22. The molecule has 0 bridgehead atoms. The second-order valence-electron chi connectivity index (χ2n) is 3.06. The van der Waals surface area contributed by atoms with E-state index in [1.54, 1.807) is 0 Å². The zero-order valence-corrected chi connectivity index (χ0v) is 7.84. The van der Waals surface area contributed by atoms with Gasteiger partial charge in [0.2, 0.25) is 0 Å². The molecule has 0 saturated heterocycles. The van der Waals surface area contributed by atoms with Gasteiger partial charge in [0.05, 0.1) is 11.4 Å². The highest BCUT2D eigenvalue weighted by Gasteiger charge is 2.22. The van der Waals surface area contributed by atoms with Crippen LogP contribution in [0.3, 0.4) is 0 Å². The van der Waals surface area contributed by atoms with Crippen LogP contribution < -0.4 is 15.2 Å². The van der Waals surface area contributed by atoms with Gasteiger partial charge in [-0.1, -0.05) is 0 Å². The predicted molar refractivity (Wildman–Crippen MR) is 49.0 cm³/mol. The smallest absolute Gasteiger partial charge is 0.108 e. The van der Waals surface area contributed by atoms with Crippen LogP contribution >= 0.6 is 0 Å². The number of hydrogen-bond donors (Lipinski definition) is 0. The predicted octanol–water partition coefficient (Wildman–Crippen LogP) is 0.225. The summed E-state index contributed by atoms with van der Waals surface area (Å²) in [5, 5.41) is 1.14. The standard InChI is InChI=1S/C8H15N3/c1-9-6-7(10(2)3)8(6)11(4)5/h1-5H3. The van der Waals surface area contributed by atoms with Gasteiger partial charge in [-0.3, -0.25) is 4.99 Å². The van der Waals surface area contributed by atoms with Crippen molar-refractivity contribution in [1.82, 2.24) is 0 Å². The topological polar surface area (TPSA) is 18.8 Å². The van der Waals surface area contributed by atoms with Gasteiger partial charge >= 0.3 is 0 Å². The van der Waals surface area contributed by atoms with Gasteiger partial charge in [-0.15, -0.1) is 0 Å². The maximum Gasteiger partial charge on any atom is 0.108 e. The monoisotopic (exact) mass is 153 g/mol. The van der Waals surface area contributed by atoms with E-state index in [0.717, 1.165) is 5.36 Å². The summed E-state index contributed by atoms with van der Waals surface area (Å²) in [4.78, 5) is 8.35. The zero-order chi connectivity index (χ0) is 8.59. The maximum absolute atomic E-state index is 4.16. The Morgan fingerprint density at radius 3 is 1.36 bits per heavy atom. The Labute approximate surface area is 67.6 Å². The second-order valence-corrected chi connectivity index (χ2v) is 3.06. The Morgan fingerprint density at radius 2 is 1.27 bits per heavy atom. The molecule has 0 saturated carbocycles. The van der Waals surface area contributed by atoms with E-state index in [1.807, 2.05) is 35.2 Å². The molecule has 0 atom stereocenters. The molecular formula is C8H15N3. The fourth-order valence-corrected chi connectivity index (χ4v) is 1.22. The molecule has 0 aromatic heterocycles. The quantitative estimate of drug-likeness (QED) is 0.605. The van der Waals surface area contributed by atoms with Gasteiger partial charge in [-0.25, -0.2) is 0 Å². The molecule has 11 heavy (non-hydrogen) atoms. The van der Waals surface area contributed by atoms with E-state index in [9.17, 15) is 0 Å². The van der Waals surface area contributed by atoms with Crippen LogP contribution in [-0.4, -0.2) is 35.2 Å². The summed E-state index contributed by atoms with van der Waals surface area (Å²) < 4.78 is 0. The minimum atomic E-state index is 1.14. The van der Waals surface area contributed by atoms with E-state index in [0.29, 0.717) is 0 Å². The van der Waals surface area contributed by atoms with Crippen LogP contribution in [0.4, 0.5) is 11.4 Å². The minimum absolute atomic E-state index is 1.14. The molecule has 0 aliphatic rings. The lowest BCUT2D eigenvalue weighted by Gasteiger charge is -2.07. The molecule has 0 heterocycles. The Bertz CT molecular complexity index is 241. The van der Waals surface area contributed by atoms with Crippen LogP contribution in [0.2, 0.25) is 0 Å². The van der Waals surface area contributed by atoms with E-state index in [2.05, 4.69) is 14.8 Å². The third-order valence-corrected chi connectivity index (χ3v) is 1.73. The molecule has 0 spiro atoms. The summed E-state index contributed by atoms with van der Waals surface area (Å²) in [6.07, 6.45) is 0. The van der Waals surface area contributed by atoms with Crippen LogP contribution in [0.25, 0.3) is 0 Å². The van der Waals surface area contributed by atoms with Gasteiger partial charge in [0.1, 0.15) is 5.36 Å². The molecule has 0 N–H and O–H groups in total. The lowest BCUT2D eigenvalue weighted by Crippen LogP contribution is -2.08. The molecular weight excluding hydrogens is 138 g/mol. The van der Waals surface area contributed by atoms with E-state index in [1.165, 1.54) is 11.4 Å². The first-order valence-electron chi connectivity index (χ1n) is 3.66. The van der Waals surface area contributed by atoms with Crippen molar-refractivity contribution in [2.24, 2.45) is 4.99 Å². The average Bonchev–Trinajstić information content (AvgIpc) is 2.59. The summed E-state index contributed by atoms with van der Waals surface area (Å²) >= 11 is 0. The van der Waals surface area contributed by atoms with Gasteiger partial charge in [0.15, 0.2) is 0 Å². The van der Waals surface area contributed by atoms with E-state index >= 15 is 0 Å². The Balaban J connectivity index is 2.92. The average molecular weight is 153 g/mol. The van der Waals surface area contributed by atoms with Crippen molar-refractivity contribution in [2.75, 3.05) is 45.0 Å². The summed E-state index contributed by atoms with van der Waals surface area (Å²) in [6, 6.07) is 0. The number of nitrogens with zero attached hydrogens (tertiary/aromatic N) is 3. The van der Waals surface area contributed by atoms with Gasteiger partial charge in [0, 0.05) is 35.2 Å². The summed E-state index contributed by atoms with van der Waals surface area (Å²) in [5.74, 6) is 0. The van der Waals surface area contributed by atoms with Crippen LogP contribution in [0, 0.1) is 0 Å². The highest BCUT2D eigenvalue weighted by atomic mass is 15.2. The van der Waals surface area contributed by atoms with Crippen molar-refractivity contribution in [3.05, 3.63) is 5.36 Å². The van der Waals surface area contributed by atoms with Crippen molar-refractivity contribution in [2.45, 2.75) is 0 Å². The van der Waals surface area contributed by atoms with Gasteiger partial charge in [0.25, 0.3) is 0 Å². The molecule has 0 aliphatic carbocycles. The zero-order valence-electron chi connectivity index (χ0n) is 7.84. The molecule has 1 aromatic rings. The second kappa shape index (κ2) is 2.57. The molecule has 1 aromatic carbocycles. The summed E-state index contributed by atoms with van der Waals surface area (Å²) in [6.45, 7) is 0. The van der Waals surface area contributed by atoms with Crippen LogP contribution in [0.1, 0.15) is 0 Å². The van der Waals surface area contributed by atoms with Gasteiger partial charge < -0.3 is 9.80 Å². The highest BCUT2D eigenvalue weighted by Crippen LogP contribution is 2.28. The van der Waals surface area contributed by atoms with E-state index < -0.39 is 0 Å². The molecule has 0 amide bonds. The normalized spacial score (nSPS) is 10.3. The van der Waals surface area contributed by atoms with Gasteiger partial charge in [-0.2, -0.15) is 0 Å².